The zero-order chi connectivity index (χ0) is 9.90. The van der Waals surface area contributed by atoms with Crippen molar-refractivity contribution in [2.75, 3.05) is 12.3 Å². The summed E-state index contributed by atoms with van der Waals surface area (Å²) in [5.41, 5.74) is 1.95. The van der Waals surface area contributed by atoms with E-state index in [4.69, 9.17) is 0 Å². The predicted octanol–water partition coefficient (Wildman–Crippen LogP) is 4.39. The molecule has 1 heteroatoms. The van der Waals surface area contributed by atoms with Crippen LogP contribution in [0.15, 0.2) is 0 Å². The summed E-state index contributed by atoms with van der Waals surface area (Å²) in [6, 6.07) is 0. The summed E-state index contributed by atoms with van der Waals surface area (Å²) in [5, 5.41) is 0. The van der Waals surface area contributed by atoms with Gasteiger partial charge in [0.25, 0.3) is 0 Å². The van der Waals surface area contributed by atoms with Crippen molar-refractivity contribution in [1.82, 2.24) is 0 Å². The van der Waals surface area contributed by atoms with Gasteiger partial charge in [0.1, 0.15) is 0 Å². The Labute approximate surface area is 84.8 Å². The third-order valence-corrected chi connectivity index (χ3v) is 10.4. The molecule has 0 radical (unpaired) electrons. The van der Waals surface area contributed by atoms with Crippen LogP contribution in [0.25, 0.3) is 0 Å². The molecule has 1 rings (SSSR count). The van der Waals surface area contributed by atoms with Gasteiger partial charge in [-0.15, -0.1) is 0 Å². The number of hydrogen-bond acceptors (Lipinski definition) is 0. The van der Waals surface area contributed by atoms with Crippen molar-refractivity contribution in [1.29, 1.82) is 0 Å². The Hall–Kier alpha value is 0.430. The maximum Gasteiger partial charge on any atom is 0.0644 e. The number of hydrogen-bond donors (Lipinski definition) is 0. The third kappa shape index (κ3) is 2.46. The largest absolute Gasteiger partial charge is 0.0644 e. The molecule has 0 amide bonds. The van der Waals surface area contributed by atoms with E-state index in [-0.39, 0.29) is 0 Å². The van der Waals surface area contributed by atoms with E-state index in [0.717, 1.165) is 11.3 Å². The fraction of sp³-hybridized carbons (Fsp3) is 1.00. The van der Waals surface area contributed by atoms with Crippen molar-refractivity contribution in [3.63, 3.8) is 0 Å². The standard InChI is InChI=1S/C12H26P/c1-11(2)13(12(3)4)9-7-5-6-8-10-13/h11-12H,5-10H2,1-4H3/q+1. The molecule has 1 heterocycles. The summed E-state index contributed by atoms with van der Waals surface area (Å²) in [5.74, 6) is 0. The Morgan fingerprint density at radius 3 is 1.38 bits per heavy atom. The lowest BCUT2D eigenvalue weighted by atomic mass is 10.2. The van der Waals surface area contributed by atoms with E-state index in [2.05, 4.69) is 27.7 Å². The minimum Gasteiger partial charge on any atom is -0.0497 e. The van der Waals surface area contributed by atoms with E-state index in [1.165, 1.54) is 25.7 Å². The molecule has 1 fully saturated rings. The van der Waals surface area contributed by atoms with Gasteiger partial charge in [-0.3, -0.25) is 0 Å². The Kier molecular flexibility index (Phi) is 4.23. The molecule has 78 valence electrons. The van der Waals surface area contributed by atoms with Crippen LogP contribution < -0.4 is 0 Å². The van der Waals surface area contributed by atoms with E-state index < -0.39 is 7.26 Å². The molecule has 1 aliphatic rings. The molecule has 0 nitrogen and oxygen atoms in total. The second kappa shape index (κ2) is 4.78. The normalized spacial score (nSPS) is 23.5. The second-order valence-corrected chi connectivity index (χ2v) is 10.3. The molecule has 0 aromatic rings. The molecule has 1 aliphatic heterocycles. The lowest BCUT2D eigenvalue weighted by Gasteiger charge is -2.34. The first-order valence-corrected chi connectivity index (χ1v) is 8.26. The Bertz CT molecular complexity index is 131. The van der Waals surface area contributed by atoms with Crippen molar-refractivity contribution in [2.45, 2.75) is 64.7 Å². The fourth-order valence-corrected chi connectivity index (χ4v) is 8.01. The van der Waals surface area contributed by atoms with E-state index in [1.807, 2.05) is 0 Å². The van der Waals surface area contributed by atoms with Crippen molar-refractivity contribution >= 4 is 7.26 Å². The first kappa shape index (κ1) is 11.5. The molecule has 0 aromatic carbocycles. The highest BCUT2D eigenvalue weighted by Gasteiger charge is 2.43. The van der Waals surface area contributed by atoms with Crippen LogP contribution in [-0.4, -0.2) is 23.6 Å². The summed E-state index contributed by atoms with van der Waals surface area (Å²) in [6.07, 6.45) is 9.21. The molecule has 0 bridgehead atoms. The minimum atomic E-state index is -0.578. The molecule has 0 N–H and O–H groups in total. The summed E-state index contributed by atoms with van der Waals surface area (Å²) in [4.78, 5) is 0. The third-order valence-electron chi connectivity index (χ3n) is 3.96. The highest BCUT2D eigenvalue weighted by atomic mass is 31.2. The van der Waals surface area contributed by atoms with E-state index in [0.29, 0.717) is 0 Å². The number of rotatable bonds is 2. The first-order chi connectivity index (χ1) is 6.09. The van der Waals surface area contributed by atoms with Crippen molar-refractivity contribution in [3.8, 4) is 0 Å². The SMILES string of the molecule is CC(C)[P+]1(C(C)C)CCCCCC1. The maximum atomic E-state index is 2.47. The topological polar surface area (TPSA) is 0 Å². The van der Waals surface area contributed by atoms with Crippen molar-refractivity contribution < 1.29 is 0 Å². The van der Waals surface area contributed by atoms with Crippen LogP contribution >= 0.6 is 7.26 Å². The Morgan fingerprint density at radius 2 is 1.08 bits per heavy atom. The molecule has 1 saturated heterocycles. The van der Waals surface area contributed by atoms with E-state index >= 15 is 0 Å². The molecule has 0 spiro atoms. The van der Waals surface area contributed by atoms with E-state index in [9.17, 15) is 0 Å². The quantitative estimate of drug-likeness (QED) is 0.581. The molecule has 0 saturated carbocycles. The summed E-state index contributed by atoms with van der Waals surface area (Å²) < 4.78 is 0. The Morgan fingerprint density at radius 1 is 0.692 bits per heavy atom. The highest BCUT2D eigenvalue weighted by Crippen LogP contribution is 2.68. The van der Waals surface area contributed by atoms with Gasteiger partial charge in [0.15, 0.2) is 0 Å². The van der Waals surface area contributed by atoms with Crippen LogP contribution in [0.3, 0.4) is 0 Å². The lowest BCUT2D eigenvalue weighted by molar-refractivity contribution is 0.726. The highest BCUT2D eigenvalue weighted by molar-refractivity contribution is 7.77. The average Bonchev–Trinajstić information content (AvgIpc) is 2.28. The maximum absolute atomic E-state index is 2.47. The first-order valence-electron chi connectivity index (χ1n) is 5.96. The summed E-state index contributed by atoms with van der Waals surface area (Å²) in [6.45, 7) is 9.89. The van der Waals surface area contributed by atoms with Crippen molar-refractivity contribution in [3.05, 3.63) is 0 Å². The zero-order valence-electron chi connectivity index (χ0n) is 9.84. The van der Waals surface area contributed by atoms with Gasteiger partial charge in [0.2, 0.25) is 0 Å². The van der Waals surface area contributed by atoms with Crippen LogP contribution in [-0.2, 0) is 0 Å². The van der Waals surface area contributed by atoms with Crippen LogP contribution in [0.5, 0.6) is 0 Å². The second-order valence-electron chi connectivity index (χ2n) is 5.15. The summed E-state index contributed by atoms with van der Waals surface area (Å²) >= 11 is 0. The monoisotopic (exact) mass is 201 g/mol. The van der Waals surface area contributed by atoms with Gasteiger partial charge < -0.3 is 0 Å². The van der Waals surface area contributed by atoms with Gasteiger partial charge in [0, 0.05) is 7.26 Å². The molecule has 0 aliphatic carbocycles. The summed E-state index contributed by atoms with van der Waals surface area (Å²) in [7, 11) is -0.578. The molecule has 0 unspecified atom stereocenters. The predicted molar refractivity (Wildman–Crippen MR) is 65.4 cm³/mol. The molecule has 13 heavy (non-hydrogen) atoms. The van der Waals surface area contributed by atoms with Crippen LogP contribution in [0.4, 0.5) is 0 Å². The average molecular weight is 201 g/mol. The zero-order valence-corrected chi connectivity index (χ0v) is 10.7. The van der Waals surface area contributed by atoms with Crippen LogP contribution in [0.2, 0.25) is 0 Å². The van der Waals surface area contributed by atoms with Crippen LogP contribution in [0.1, 0.15) is 53.4 Å². The lowest BCUT2D eigenvalue weighted by Crippen LogP contribution is -2.20. The Balaban J connectivity index is 2.74. The van der Waals surface area contributed by atoms with E-state index in [1.54, 1.807) is 12.3 Å². The molecule has 0 atom stereocenters. The fourth-order valence-electron chi connectivity index (χ4n) is 2.91. The van der Waals surface area contributed by atoms with Gasteiger partial charge in [-0.1, -0.05) is 0 Å². The molecular weight excluding hydrogens is 175 g/mol. The van der Waals surface area contributed by atoms with Gasteiger partial charge in [-0.2, -0.15) is 0 Å². The van der Waals surface area contributed by atoms with Gasteiger partial charge in [-0.25, -0.2) is 0 Å². The van der Waals surface area contributed by atoms with Gasteiger partial charge in [-0.05, 0) is 53.4 Å². The van der Waals surface area contributed by atoms with Gasteiger partial charge >= 0.3 is 0 Å². The van der Waals surface area contributed by atoms with Crippen molar-refractivity contribution in [2.24, 2.45) is 0 Å². The molecule has 0 aromatic heterocycles. The van der Waals surface area contributed by atoms with Gasteiger partial charge in [0.05, 0.1) is 23.6 Å². The molecular formula is C12H26P+. The smallest absolute Gasteiger partial charge is 0.0497 e. The van der Waals surface area contributed by atoms with Crippen LogP contribution in [0, 0.1) is 0 Å². The minimum absolute atomic E-state index is 0.578.